The summed E-state index contributed by atoms with van der Waals surface area (Å²) in [5.41, 5.74) is 0.757. The van der Waals surface area contributed by atoms with Crippen molar-refractivity contribution >= 4 is 59.3 Å². The van der Waals surface area contributed by atoms with Gasteiger partial charge in [0.15, 0.2) is 0 Å². The normalized spacial score (nSPS) is 17.5. The minimum atomic E-state index is -1.59. The van der Waals surface area contributed by atoms with Crippen molar-refractivity contribution in [3.63, 3.8) is 0 Å². The number of amides is 4. The average molecular weight is 401 g/mol. The molecule has 0 spiro atoms. The Kier molecular flexibility index (Phi) is 9.10. The third kappa shape index (κ3) is 6.63. The first-order valence-corrected chi connectivity index (χ1v) is 8.12. The summed E-state index contributed by atoms with van der Waals surface area (Å²) < 4.78 is 4.98. The number of nitrogens with one attached hydrogen (secondary N) is 3. The molecule has 0 aliphatic carbocycles. The number of alkyl carbamates (subject to hydrolysis) is 1. The van der Waals surface area contributed by atoms with Gasteiger partial charge in [0.2, 0.25) is 17.7 Å². The van der Waals surface area contributed by atoms with E-state index in [4.69, 9.17) is 4.74 Å². The second kappa shape index (κ2) is 10.8. The third-order valence-corrected chi connectivity index (χ3v) is 3.91. The van der Waals surface area contributed by atoms with Crippen molar-refractivity contribution in [1.29, 1.82) is 0 Å². The molecule has 1 aliphatic rings. The van der Waals surface area contributed by atoms with Crippen LogP contribution >= 0.6 is 0 Å². The molecular formula is C17H20N3NaO7. The molecule has 1 fully saturated rings. The molecule has 10 nitrogen and oxygen atoms in total. The maximum absolute atomic E-state index is 12.2. The molecule has 11 heteroatoms. The zero-order valence-electron chi connectivity index (χ0n) is 14.4. The van der Waals surface area contributed by atoms with E-state index in [9.17, 15) is 29.1 Å². The topological polar surface area (TPSA) is 151 Å². The van der Waals surface area contributed by atoms with Crippen molar-refractivity contribution in [3.05, 3.63) is 35.9 Å². The van der Waals surface area contributed by atoms with Crippen molar-refractivity contribution < 1.29 is 33.8 Å². The van der Waals surface area contributed by atoms with Crippen LogP contribution in [0.3, 0.4) is 0 Å². The Morgan fingerprint density at radius 1 is 1.21 bits per heavy atom. The average Bonchev–Trinajstić information content (AvgIpc) is 2.96. The van der Waals surface area contributed by atoms with Gasteiger partial charge in [0.25, 0.3) is 0 Å². The summed E-state index contributed by atoms with van der Waals surface area (Å²) in [6.45, 7) is 1.33. The molecule has 146 valence electrons. The second-order valence-corrected chi connectivity index (χ2v) is 5.98. The van der Waals surface area contributed by atoms with E-state index in [-0.39, 0.29) is 42.6 Å². The molecule has 1 aromatic carbocycles. The molecule has 0 aromatic heterocycles. The van der Waals surface area contributed by atoms with Gasteiger partial charge < -0.3 is 20.5 Å². The summed E-state index contributed by atoms with van der Waals surface area (Å²) in [5.74, 6) is -4.88. The molecule has 0 saturated carbocycles. The minimum absolute atomic E-state index is 0. The summed E-state index contributed by atoms with van der Waals surface area (Å²) >= 11 is 0. The Morgan fingerprint density at radius 3 is 2.39 bits per heavy atom. The number of carboxylic acid groups (broad SMARTS) is 1. The van der Waals surface area contributed by atoms with E-state index in [1.54, 1.807) is 24.3 Å². The number of benzene rings is 1. The summed E-state index contributed by atoms with van der Waals surface area (Å²) in [4.78, 5) is 58.2. The van der Waals surface area contributed by atoms with Gasteiger partial charge >= 0.3 is 41.6 Å². The second-order valence-electron chi connectivity index (χ2n) is 5.98. The number of carbonyl (C=O) groups excluding carboxylic acids is 4. The number of carboxylic acids is 1. The molecular weight excluding hydrogens is 381 g/mol. The summed E-state index contributed by atoms with van der Waals surface area (Å²) in [7, 11) is 0. The van der Waals surface area contributed by atoms with Crippen LogP contribution in [0.15, 0.2) is 30.3 Å². The summed E-state index contributed by atoms with van der Waals surface area (Å²) in [5, 5.41) is 15.7. The Morgan fingerprint density at radius 2 is 1.86 bits per heavy atom. The molecule has 2 unspecified atom stereocenters. The Hall–Kier alpha value is -2.43. The molecule has 4 N–H and O–H groups in total. The quantitative estimate of drug-likeness (QED) is 0.334. The first-order chi connectivity index (χ1) is 12.8. The monoisotopic (exact) mass is 401 g/mol. The van der Waals surface area contributed by atoms with Crippen LogP contribution in [0.4, 0.5) is 4.79 Å². The van der Waals surface area contributed by atoms with Crippen LogP contribution in [0.1, 0.15) is 18.9 Å². The van der Waals surface area contributed by atoms with Crippen molar-refractivity contribution in [2.75, 3.05) is 0 Å². The Balaban J connectivity index is 0.00000392. The zero-order chi connectivity index (χ0) is 20.0. The van der Waals surface area contributed by atoms with Gasteiger partial charge in [-0.15, -0.1) is 0 Å². The van der Waals surface area contributed by atoms with Gasteiger partial charge in [0.05, 0.1) is 5.92 Å². The van der Waals surface area contributed by atoms with E-state index in [1.807, 2.05) is 11.4 Å². The fourth-order valence-electron chi connectivity index (χ4n) is 2.46. The van der Waals surface area contributed by atoms with E-state index in [0.29, 0.717) is 0 Å². The molecule has 1 aromatic rings. The predicted molar refractivity (Wildman–Crippen MR) is 97.2 cm³/mol. The number of hydrogen-bond acceptors (Lipinski definition) is 6. The van der Waals surface area contributed by atoms with E-state index in [0.717, 1.165) is 5.56 Å². The van der Waals surface area contributed by atoms with Gasteiger partial charge in [-0.2, -0.15) is 0 Å². The Labute approximate surface area is 182 Å². The maximum atomic E-state index is 12.2. The van der Waals surface area contributed by atoms with Gasteiger partial charge in [0, 0.05) is 6.42 Å². The zero-order valence-corrected chi connectivity index (χ0v) is 14.4. The summed E-state index contributed by atoms with van der Waals surface area (Å²) in [6.07, 6.45) is -1.20. The van der Waals surface area contributed by atoms with Crippen molar-refractivity contribution in [2.45, 2.75) is 32.0 Å². The van der Waals surface area contributed by atoms with Gasteiger partial charge in [-0.25, -0.2) is 9.59 Å². The first kappa shape index (κ1) is 23.6. The van der Waals surface area contributed by atoms with Crippen LogP contribution in [0.2, 0.25) is 0 Å². The Bertz CT molecular complexity index is 756. The van der Waals surface area contributed by atoms with Crippen LogP contribution in [0.25, 0.3) is 0 Å². The van der Waals surface area contributed by atoms with Gasteiger partial charge in [-0.3, -0.25) is 19.7 Å². The molecule has 4 amide bonds. The van der Waals surface area contributed by atoms with Crippen LogP contribution in [-0.4, -0.2) is 76.5 Å². The third-order valence-electron chi connectivity index (χ3n) is 3.91. The molecule has 1 heterocycles. The number of rotatable bonds is 7. The molecule has 0 bridgehead atoms. The van der Waals surface area contributed by atoms with Crippen molar-refractivity contribution in [3.8, 4) is 0 Å². The molecule has 28 heavy (non-hydrogen) atoms. The van der Waals surface area contributed by atoms with E-state index in [1.165, 1.54) is 6.92 Å². The fraction of sp³-hybridized carbons (Fsp3) is 0.353. The van der Waals surface area contributed by atoms with E-state index >= 15 is 0 Å². The summed E-state index contributed by atoms with van der Waals surface area (Å²) in [6, 6.07) is 6.19. The molecule has 0 radical (unpaired) electrons. The number of aliphatic carboxylic acids is 1. The van der Waals surface area contributed by atoms with Gasteiger partial charge in [-0.05, 0) is 12.5 Å². The van der Waals surface area contributed by atoms with E-state index < -0.39 is 47.8 Å². The van der Waals surface area contributed by atoms with Gasteiger partial charge in [-0.1, -0.05) is 30.3 Å². The van der Waals surface area contributed by atoms with Crippen molar-refractivity contribution in [1.82, 2.24) is 16.0 Å². The number of ether oxygens (including phenoxy) is 1. The first-order valence-electron chi connectivity index (χ1n) is 8.12. The van der Waals surface area contributed by atoms with E-state index in [2.05, 4.69) is 10.6 Å². The van der Waals surface area contributed by atoms with Crippen LogP contribution in [0, 0.1) is 5.92 Å². The molecule has 2 rings (SSSR count). The predicted octanol–water partition coefficient (Wildman–Crippen LogP) is -1.12. The number of imide groups is 1. The fourth-order valence-corrected chi connectivity index (χ4v) is 2.46. The number of carbonyl (C=O) groups is 5. The standard InChI is InChI=1S/C17H19N3O7.Na.H/c1-9(18-17(26)27-8-10-5-3-2-4-6-10)14(22)20-13(16(24)25)11-7-12(21)19-15(11)23;;/h2-6,9,11,13H,7-8H2,1H3,(H,18,26)(H,20,22)(H,24,25)(H,19,21,23);;/t9-,11?,13?;;/m1../s1. The number of hydrogen-bond donors (Lipinski definition) is 4. The van der Waals surface area contributed by atoms with Crippen LogP contribution in [-0.2, 0) is 30.5 Å². The van der Waals surface area contributed by atoms with Crippen molar-refractivity contribution in [2.24, 2.45) is 5.92 Å². The molecule has 3 atom stereocenters. The molecule has 1 aliphatic heterocycles. The van der Waals surface area contributed by atoms with Crippen LogP contribution in [0.5, 0.6) is 0 Å². The van der Waals surface area contributed by atoms with Gasteiger partial charge in [0.1, 0.15) is 18.7 Å². The SMILES string of the molecule is C[C@@H](NC(=O)OCc1ccccc1)C(=O)NC(C(=O)O)C1CC(=O)NC1=O.[NaH]. The molecule has 1 saturated heterocycles. The van der Waals surface area contributed by atoms with Crippen LogP contribution < -0.4 is 16.0 Å².